The fraction of sp³-hybridized carbons (Fsp3) is 0.174. The van der Waals surface area contributed by atoms with Crippen molar-refractivity contribution in [2.45, 2.75) is 25.7 Å². The molecule has 0 heterocycles. The molecule has 0 radical (unpaired) electrons. The smallest absolute Gasteiger partial charge is 0.408 e. The largest absolute Gasteiger partial charge is 0.507 e. The molecule has 8 heteroatoms. The van der Waals surface area contributed by atoms with Gasteiger partial charge in [0.15, 0.2) is 0 Å². The minimum absolute atomic E-state index is 0.00592. The Morgan fingerprint density at radius 2 is 1.77 bits per heavy atom. The van der Waals surface area contributed by atoms with Crippen LogP contribution in [0.25, 0.3) is 10.8 Å². The number of hydrogen-bond donors (Lipinski definition) is 4. The zero-order valence-corrected chi connectivity index (χ0v) is 16.9. The highest BCUT2D eigenvalue weighted by Crippen LogP contribution is 2.25. The molecule has 0 saturated heterocycles. The molecule has 4 N–H and O–H groups in total. The fourth-order valence-electron chi connectivity index (χ4n) is 2.95. The van der Waals surface area contributed by atoms with Crippen LogP contribution in [0.3, 0.4) is 0 Å². The summed E-state index contributed by atoms with van der Waals surface area (Å²) >= 11 is 0. The van der Waals surface area contributed by atoms with E-state index in [1.54, 1.807) is 18.2 Å². The number of hydrazone groups is 1. The molecule has 0 fully saturated rings. The van der Waals surface area contributed by atoms with Gasteiger partial charge in [0.1, 0.15) is 18.4 Å². The average molecular weight is 421 g/mol. The number of ether oxygens (including phenoxy) is 1. The third kappa shape index (κ3) is 5.80. The van der Waals surface area contributed by atoms with E-state index in [1.807, 2.05) is 42.5 Å². The number of benzene rings is 3. The van der Waals surface area contributed by atoms with Gasteiger partial charge in [-0.25, -0.2) is 10.2 Å². The minimum Gasteiger partial charge on any atom is -0.507 e. The predicted octanol–water partition coefficient (Wildman–Crippen LogP) is 2.67. The van der Waals surface area contributed by atoms with E-state index in [-0.39, 0.29) is 12.4 Å². The van der Waals surface area contributed by atoms with Crippen LogP contribution in [0, 0.1) is 0 Å². The van der Waals surface area contributed by atoms with Crippen molar-refractivity contribution < 1.29 is 24.5 Å². The number of aliphatic hydroxyl groups is 1. The van der Waals surface area contributed by atoms with Crippen molar-refractivity contribution in [1.29, 1.82) is 0 Å². The number of fused-ring (bicyclic) bond motifs is 1. The van der Waals surface area contributed by atoms with Gasteiger partial charge in [-0.3, -0.25) is 4.79 Å². The first-order valence-corrected chi connectivity index (χ1v) is 9.64. The van der Waals surface area contributed by atoms with Gasteiger partial charge in [0.05, 0.1) is 12.3 Å². The van der Waals surface area contributed by atoms with Crippen molar-refractivity contribution in [3.63, 3.8) is 0 Å². The van der Waals surface area contributed by atoms with Crippen molar-refractivity contribution >= 4 is 29.0 Å². The van der Waals surface area contributed by atoms with Crippen LogP contribution in [0.2, 0.25) is 0 Å². The van der Waals surface area contributed by atoms with Crippen molar-refractivity contribution in [2.24, 2.45) is 5.10 Å². The maximum absolute atomic E-state index is 12.4. The Kier molecular flexibility index (Phi) is 7.18. The summed E-state index contributed by atoms with van der Waals surface area (Å²) in [6.45, 7) is 1.39. The first-order chi connectivity index (χ1) is 15.0. The number of nitrogens with one attached hydrogen (secondary N) is 2. The van der Waals surface area contributed by atoms with E-state index in [2.05, 4.69) is 15.8 Å². The molecule has 3 rings (SSSR count). The number of aromatic hydroxyl groups is 1. The van der Waals surface area contributed by atoms with Crippen LogP contribution in [0.1, 0.15) is 18.1 Å². The number of rotatable bonds is 7. The molecular formula is C23H23N3O5. The standard InChI is InChI=1S/C23H23N3O5/c1-15(27)21(25-23(30)31-14-16-7-3-2-4-8-16)22(29)26-24-13-19-18-10-6-5-9-17(18)11-12-20(19)28/h2-13,15,21,27-28H,14H2,1H3,(H,25,30)(H,26,29)/b24-13+. The van der Waals surface area contributed by atoms with Gasteiger partial charge in [0, 0.05) is 5.56 Å². The molecule has 160 valence electrons. The minimum atomic E-state index is -1.28. The summed E-state index contributed by atoms with van der Waals surface area (Å²) in [4.78, 5) is 24.4. The summed E-state index contributed by atoms with van der Waals surface area (Å²) in [7, 11) is 0. The van der Waals surface area contributed by atoms with Crippen LogP contribution >= 0.6 is 0 Å². The average Bonchev–Trinajstić information content (AvgIpc) is 2.78. The summed E-state index contributed by atoms with van der Waals surface area (Å²) in [5, 5.41) is 27.9. The van der Waals surface area contributed by atoms with Crippen LogP contribution in [0.5, 0.6) is 5.75 Å². The van der Waals surface area contributed by atoms with Crippen LogP contribution in [0.15, 0.2) is 71.8 Å². The molecule has 2 atom stereocenters. The lowest BCUT2D eigenvalue weighted by Crippen LogP contribution is -2.51. The number of carbonyl (C=O) groups is 2. The number of hydrogen-bond acceptors (Lipinski definition) is 6. The van der Waals surface area contributed by atoms with E-state index in [0.717, 1.165) is 16.3 Å². The second-order valence-corrected chi connectivity index (χ2v) is 6.88. The van der Waals surface area contributed by atoms with Gasteiger partial charge in [0.2, 0.25) is 0 Å². The van der Waals surface area contributed by atoms with Crippen molar-refractivity contribution in [1.82, 2.24) is 10.7 Å². The van der Waals surface area contributed by atoms with Crippen molar-refractivity contribution in [3.05, 3.63) is 77.9 Å². The number of phenols is 1. The number of alkyl carbamates (subject to hydrolysis) is 1. The molecule has 31 heavy (non-hydrogen) atoms. The third-order valence-electron chi connectivity index (χ3n) is 4.57. The Hall–Kier alpha value is -3.91. The molecule has 3 aromatic carbocycles. The predicted molar refractivity (Wildman–Crippen MR) is 117 cm³/mol. The van der Waals surface area contributed by atoms with Crippen LogP contribution < -0.4 is 10.7 Å². The highest BCUT2D eigenvalue weighted by Gasteiger charge is 2.26. The molecule has 0 aliphatic heterocycles. The summed E-state index contributed by atoms with van der Waals surface area (Å²) in [5.41, 5.74) is 3.49. The Morgan fingerprint density at radius 3 is 2.52 bits per heavy atom. The van der Waals surface area contributed by atoms with Crippen molar-refractivity contribution in [2.75, 3.05) is 0 Å². The molecule has 0 bridgehead atoms. The van der Waals surface area contributed by atoms with E-state index in [1.165, 1.54) is 19.2 Å². The van der Waals surface area contributed by atoms with E-state index < -0.39 is 24.1 Å². The summed E-state index contributed by atoms with van der Waals surface area (Å²) in [5.74, 6) is -0.728. The first kappa shape index (κ1) is 21.8. The second kappa shape index (κ2) is 10.2. The second-order valence-electron chi connectivity index (χ2n) is 6.88. The fourth-order valence-corrected chi connectivity index (χ4v) is 2.95. The van der Waals surface area contributed by atoms with Gasteiger partial charge in [0.25, 0.3) is 5.91 Å². The van der Waals surface area contributed by atoms with E-state index >= 15 is 0 Å². The Balaban J connectivity index is 1.62. The van der Waals surface area contributed by atoms with E-state index in [4.69, 9.17) is 4.74 Å². The van der Waals surface area contributed by atoms with Gasteiger partial charge < -0.3 is 20.3 Å². The summed E-state index contributed by atoms with van der Waals surface area (Å²) < 4.78 is 5.08. The Morgan fingerprint density at radius 1 is 1.06 bits per heavy atom. The third-order valence-corrected chi connectivity index (χ3v) is 4.57. The number of nitrogens with zero attached hydrogens (tertiary/aromatic N) is 1. The zero-order valence-electron chi connectivity index (χ0n) is 16.9. The quantitative estimate of drug-likeness (QED) is 0.345. The lowest BCUT2D eigenvalue weighted by atomic mass is 10.0. The topological polar surface area (TPSA) is 120 Å². The van der Waals surface area contributed by atoms with Crippen LogP contribution in [-0.4, -0.2) is 40.6 Å². The monoisotopic (exact) mass is 421 g/mol. The maximum Gasteiger partial charge on any atom is 0.408 e. The number of amides is 2. The van der Waals surface area contributed by atoms with Crippen LogP contribution in [0.4, 0.5) is 4.79 Å². The molecule has 0 aliphatic carbocycles. The Labute approximate surface area is 179 Å². The van der Waals surface area contributed by atoms with Crippen LogP contribution in [-0.2, 0) is 16.1 Å². The highest BCUT2D eigenvalue weighted by atomic mass is 16.5. The maximum atomic E-state index is 12.4. The molecule has 8 nitrogen and oxygen atoms in total. The number of phenolic OH excluding ortho intramolecular Hbond substituents is 1. The Bertz CT molecular complexity index is 1080. The number of aliphatic hydroxyl groups excluding tert-OH is 1. The molecule has 0 saturated carbocycles. The molecule has 3 aromatic rings. The lowest BCUT2D eigenvalue weighted by molar-refractivity contribution is -0.125. The molecule has 0 aliphatic rings. The molecule has 0 spiro atoms. The van der Waals surface area contributed by atoms with Gasteiger partial charge in [-0.2, -0.15) is 5.10 Å². The van der Waals surface area contributed by atoms with Gasteiger partial charge in [-0.15, -0.1) is 0 Å². The van der Waals surface area contributed by atoms with Gasteiger partial charge in [-0.1, -0.05) is 60.7 Å². The normalized spacial score (nSPS) is 13.0. The SMILES string of the molecule is CC(O)C(NC(=O)OCc1ccccc1)C(=O)N/N=C/c1c(O)ccc2ccccc12. The molecule has 0 aromatic heterocycles. The van der Waals surface area contributed by atoms with Gasteiger partial charge >= 0.3 is 6.09 Å². The first-order valence-electron chi connectivity index (χ1n) is 9.64. The van der Waals surface area contributed by atoms with E-state index in [0.29, 0.717) is 5.56 Å². The molecule has 2 unspecified atom stereocenters. The highest BCUT2D eigenvalue weighted by molar-refractivity contribution is 6.02. The number of carbonyl (C=O) groups excluding carboxylic acids is 2. The van der Waals surface area contributed by atoms with Crippen molar-refractivity contribution in [3.8, 4) is 5.75 Å². The molecular weight excluding hydrogens is 398 g/mol. The summed E-state index contributed by atoms with van der Waals surface area (Å²) in [6, 6.07) is 18.5. The van der Waals surface area contributed by atoms with Gasteiger partial charge in [-0.05, 0) is 29.3 Å². The lowest BCUT2D eigenvalue weighted by Gasteiger charge is -2.19. The summed E-state index contributed by atoms with van der Waals surface area (Å²) in [6.07, 6.45) is -0.728. The van der Waals surface area contributed by atoms with E-state index in [9.17, 15) is 19.8 Å². The zero-order chi connectivity index (χ0) is 22.2. The molecule has 2 amide bonds.